The molecule has 1 aromatic heterocycles. The van der Waals surface area contributed by atoms with Crippen LogP contribution in [0.25, 0.3) is 22.5 Å². The number of hydrogen-bond acceptors (Lipinski definition) is 9. The number of carbonyl (C=O) groups excluding carboxylic acids is 3. The predicted molar refractivity (Wildman–Crippen MR) is 180 cm³/mol. The molecule has 0 saturated carbocycles. The van der Waals surface area contributed by atoms with E-state index in [2.05, 4.69) is 60.6 Å². The van der Waals surface area contributed by atoms with E-state index in [9.17, 15) is 14.4 Å². The number of hydrogen-bond donors (Lipinski definition) is 3. The van der Waals surface area contributed by atoms with E-state index in [1.54, 1.807) is 27.7 Å². The molecule has 1 aliphatic rings. The van der Waals surface area contributed by atoms with Crippen molar-refractivity contribution in [2.45, 2.75) is 71.1 Å². The zero-order valence-electron chi connectivity index (χ0n) is 27.7. The van der Waals surface area contributed by atoms with Gasteiger partial charge in [0.05, 0.1) is 0 Å². The van der Waals surface area contributed by atoms with E-state index >= 15 is 0 Å². The summed E-state index contributed by atoms with van der Waals surface area (Å²) in [5.41, 5.74) is 5.47. The van der Waals surface area contributed by atoms with Gasteiger partial charge in [0, 0.05) is 24.6 Å². The van der Waals surface area contributed by atoms with Gasteiger partial charge in [-0.2, -0.15) is 0 Å². The summed E-state index contributed by atoms with van der Waals surface area (Å²) in [7, 11) is 0. The van der Waals surface area contributed by atoms with E-state index in [4.69, 9.17) is 9.47 Å². The summed E-state index contributed by atoms with van der Waals surface area (Å²) in [6.45, 7) is 7.86. The van der Waals surface area contributed by atoms with Crippen molar-refractivity contribution in [1.29, 1.82) is 0 Å². The molecule has 0 radical (unpaired) electrons. The van der Waals surface area contributed by atoms with Crippen molar-refractivity contribution in [2.75, 3.05) is 13.2 Å². The molecule has 3 amide bonds. The molecule has 12 nitrogen and oxygen atoms in total. The smallest absolute Gasteiger partial charge is 0.407 e. The first-order chi connectivity index (χ1) is 23.1. The third-order valence-electron chi connectivity index (χ3n) is 7.80. The summed E-state index contributed by atoms with van der Waals surface area (Å²) in [5.74, 6) is 0.445. The maximum Gasteiger partial charge on any atom is 0.407 e. The first kappa shape index (κ1) is 34.0. The molecule has 0 saturated heterocycles. The van der Waals surface area contributed by atoms with Crippen LogP contribution in [-0.2, 0) is 20.8 Å². The average Bonchev–Trinajstić information content (AvgIpc) is 3.39. The number of rotatable bonds is 12. The molecule has 1 unspecified atom stereocenters. The first-order valence-corrected chi connectivity index (χ1v) is 16.1. The number of ether oxygens (including phenoxy) is 2. The Labute approximate surface area is 280 Å². The van der Waals surface area contributed by atoms with Crippen molar-refractivity contribution < 1.29 is 23.9 Å². The predicted octanol–water partition coefficient (Wildman–Crippen LogP) is 5.46. The standard InChI is InChI=1S/C36H41N7O5/c1-23-40-42-32(43-41-23)25-18-16-24(17-19-25)21-38-33(44)31(15-9-10-20-37-34(45)48-36(2,3)4)39-35(46)47-22-30-28-13-7-5-11-26(28)27-12-6-8-14-29(27)30/h5-8,11-14,16-19,30-31H,9-10,15,20-22H2,1-4H3,(H,37,45)(H,38,44)(H,39,46). The number of aryl methyl sites for hydroxylation is 1. The molecule has 3 N–H and O–H groups in total. The Hall–Kier alpha value is -5.39. The second kappa shape index (κ2) is 15.5. The Morgan fingerprint density at radius 2 is 1.42 bits per heavy atom. The number of nitrogens with one attached hydrogen (secondary N) is 3. The van der Waals surface area contributed by atoms with Crippen molar-refractivity contribution in [2.24, 2.45) is 0 Å². The highest BCUT2D eigenvalue weighted by atomic mass is 16.6. The van der Waals surface area contributed by atoms with E-state index in [1.165, 1.54) is 0 Å². The fourth-order valence-corrected chi connectivity index (χ4v) is 5.51. The normalized spacial score (nSPS) is 12.8. The Kier molecular flexibility index (Phi) is 10.9. The molecular weight excluding hydrogens is 610 g/mol. The Morgan fingerprint density at radius 1 is 0.792 bits per heavy atom. The van der Waals surface area contributed by atoms with Crippen molar-refractivity contribution in [3.05, 3.63) is 95.3 Å². The lowest BCUT2D eigenvalue weighted by Crippen LogP contribution is -2.47. The van der Waals surface area contributed by atoms with Crippen molar-refractivity contribution in [3.63, 3.8) is 0 Å². The minimum absolute atomic E-state index is 0.103. The number of amides is 3. The van der Waals surface area contributed by atoms with Crippen LogP contribution in [0.3, 0.4) is 0 Å². The Balaban J connectivity index is 1.18. The number of alkyl carbamates (subject to hydrolysis) is 2. The Morgan fingerprint density at radius 3 is 2.04 bits per heavy atom. The molecule has 1 aliphatic carbocycles. The zero-order valence-corrected chi connectivity index (χ0v) is 27.7. The minimum atomic E-state index is -0.848. The molecule has 0 fully saturated rings. The van der Waals surface area contributed by atoms with Gasteiger partial charge in [0.25, 0.3) is 0 Å². The lowest BCUT2D eigenvalue weighted by atomic mass is 9.98. The largest absolute Gasteiger partial charge is 0.449 e. The minimum Gasteiger partial charge on any atom is -0.449 e. The molecule has 48 heavy (non-hydrogen) atoms. The van der Waals surface area contributed by atoms with Crippen LogP contribution in [0.15, 0.2) is 72.8 Å². The second-order valence-electron chi connectivity index (χ2n) is 12.6. The molecular formula is C36H41N7O5. The van der Waals surface area contributed by atoms with E-state index in [0.717, 1.165) is 33.4 Å². The van der Waals surface area contributed by atoms with Gasteiger partial charge < -0.3 is 25.4 Å². The molecule has 0 bridgehead atoms. The monoisotopic (exact) mass is 651 g/mol. The lowest BCUT2D eigenvalue weighted by Gasteiger charge is -2.21. The van der Waals surface area contributed by atoms with Gasteiger partial charge in [0.15, 0.2) is 5.82 Å². The number of nitrogens with zero attached hydrogens (tertiary/aromatic N) is 4. The van der Waals surface area contributed by atoms with E-state index in [1.807, 2.05) is 48.5 Å². The molecule has 1 heterocycles. The molecule has 1 atom stereocenters. The van der Waals surface area contributed by atoms with Crippen molar-refractivity contribution >= 4 is 18.1 Å². The van der Waals surface area contributed by atoms with E-state index < -0.39 is 23.8 Å². The average molecular weight is 652 g/mol. The second-order valence-corrected chi connectivity index (χ2v) is 12.6. The topological polar surface area (TPSA) is 157 Å². The van der Waals surface area contributed by atoms with Gasteiger partial charge in [-0.1, -0.05) is 72.8 Å². The molecule has 12 heteroatoms. The van der Waals surface area contributed by atoms with Gasteiger partial charge in [-0.3, -0.25) is 4.79 Å². The molecule has 250 valence electrons. The van der Waals surface area contributed by atoms with Crippen LogP contribution < -0.4 is 16.0 Å². The summed E-state index contributed by atoms with van der Waals surface area (Å²) in [5, 5.41) is 24.4. The number of aromatic nitrogens is 4. The van der Waals surface area contributed by atoms with Gasteiger partial charge in [-0.05, 0) is 74.8 Å². The first-order valence-electron chi connectivity index (χ1n) is 16.1. The number of unbranched alkanes of at least 4 members (excludes halogenated alkanes) is 1. The summed E-state index contributed by atoms with van der Waals surface area (Å²) < 4.78 is 11.0. The van der Waals surface area contributed by atoms with Crippen LogP contribution >= 0.6 is 0 Å². The van der Waals surface area contributed by atoms with Crippen LogP contribution in [0, 0.1) is 6.92 Å². The van der Waals surface area contributed by atoms with Crippen LogP contribution in [-0.4, -0.2) is 63.3 Å². The molecule has 0 spiro atoms. The van der Waals surface area contributed by atoms with Gasteiger partial charge in [0.2, 0.25) is 11.7 Å². The molecule has 0 aliphatic heterocycles. The quantitative estimate of drug-likeness (QED) is 0.169. The highest BCUT2D eigenvalue weighted by Crippen LogP contribution is 2.44. The van der Waals surface area contributed by atoms with Crippen LogP contribution in [0.4, 0.5) is 9.59 Å². The van der Waals surface area contributed by atoms with Gasteiger partial charge in [-0.25, -0.2) is 9.59 Å². The number of fused-ring (bicyclic) bond motifs is 3. The lowest BCUT2D eigenvalue weighted by molar-refractivity contribution is -0.123. The highest BCUT2D eigenvalue weighted by molar-refractivity contribution is 5.85. The van der Waals surface area contributed by atoms with Gasteiger partial charge in [-0.15, -0.1) is 20.4 Å². The maximum absolute atomic E-state index is 13.4. The summed E-state index contributed by atoms with van der Waals surface area (Å²) in [6, 6.07) is 22.7. The molecule has 5 rings (SSSR count). The summed E-state index contributed by atoms with van der Waals surface area (Å²) in [6.07, 6.45) is 0.317. The van der Waals surface area contributed by atoms with Gasteiger partial charge >= 0.3 is 12.2 Å². The number of carbonyl (C=O) groups is 3. The highest BCUT2D eigenvalue weighted by Gasteiger charge is 2.30. The van der Waals surface area contributed by atoms with E-state index in [-0.39, 0.29) is 25.0 Å². The number of benzene rings is 3. The fourth-order valence-electron chi connectivity index (χ4n) is 5.51. The zero-order chi connectivity index (χ0) is 34.1. The maximum atomic E-state index is 13.4. The van der Waals surface area contributed by atoms with Crippen LogP contribution in [0.1, 0.15) is 68.5 Å². The van der Waals surface area contributed by atoms with Crippen molar-refractivity contribution in [3.8, 4) is 22.5 Å². The van der Waals surface area contributed by atoms with E-state index in [0.29, 0.717) is 37.5 Å². The fraction of sp³-hybridized carbons (Fsp3) is 0.361. The summed E-state index contributed by atoms with van der Waals surface area (Å²) >= 11 is 0. The van der Waals surface area contributed by atoms with Crippen molar-refractivity contribution in [1.82, 2.24) is 36.3 Å². The van der Waals surface area contributed by atoms with Crippen LogP contribution in [0.2, 0.25) is 0 Å². The third-order valence-corrected chi connectivity index (χ3v) is 7.80. The molecule has 4 aromatic rings. The summed E-state index contributed by atoms with van der Waals surface area (Å²) in [4.78, 5) is 38.5. The van der Waals surface area contributed by atoms with Crippen LogP contribution in [0.5, 0.6) is 0 Å². The van der Waals surface area contributed by atoms with Gasteiger partial charge in [0.1, 0.15) is 18.2 Å². The Bertz CT molecular complexity index is 1680. The SMILES string of the molecule is Cc1nnc(-c2ccc(CNC(=O)C(CCCCNC(=O)OC(C)(C)C)NC(=O)OCC3c4ccccc4-c4ccccc43)cc2)nn1. The molecule has 3 aromatic carbocycles. The third kappa shape index (κ3) is 9.11.